The van der Waals surface area contributed by atoms with Crippen LogP contribution in [0.15, 0.2) is 51.7 Å². The van der Waals surface area contributed by atoms with Crippen LogP contribution in [0, 0.1) is 6.26 Å². The van der Waals surface area contributed by atoms with Crippen molar-refractivity contribution in [2.75, 3.05) is 5.73 Å². The maximum Gasteiger partial charge on any atom is 0.217 e. The summed E-state index contributed by atoms with van der Waals surface area (Å²) in [6, 6.07) is 11.6. The molecule has 0 amide bonds. The molecule has 0 unspecified atom stereocenters. The highest BCUT2D eigenvalue weighted by molar-refractivity contribution is 6.16. The van der Waals surface area contributed by atoms with Crippen LogP contribution in [0.2, 0.25) is 0 Å². The van der Waals surface area contributed by atoms with Crippen molar-refractivity contribution >= 4 is 22.4 Å². The Labute approximate surface area is 145 Å². The van der Waals surface area contributed by atoms with E-state index in [9.17, 15) is 9.59 Å². The molecule has 0 atom stereocenters. The van der Waals surface area contributed by atoms with E-state index in [4.69, 9.17) is 14.9 Å². The minimum absolute atomic E-state index is 0.151. The van der Waals surface area contributed by atoms with Gasteiger partial charge in [0.15, 0.2) is 12.0 Å². The van der Waals surface area contributed by atoms with Gasteiger partial charge in [-0.15, -0.1) is 0 Å². The van der Waals surface area contributed by atoms with Gasteiger partial charge in [0, 0.05) is 11.1 Å². The van der Waals surface area contributed by atoms with Gasteiger partial charge in [-0.05, 0) is 51.1 Å². The smallest absolute Gasteiger partial charge is 0.217 e. The molecule has 0 spiro atoms. The summed E-state index contributed by atoms with van der Waals surface area (Å²) in [5.74, 6) is 0.381. The Morgan fingerprint density at radius 2 is 1.80 bits per heavy atom. The Morgan fingerprint density at radius 3 is 2.44 bits per heavy atom. The van der Waals surface area contributed by atoms with Gasteiger partial charge in [0.05, 0.1) is 5.39 Å². The van der Waals surface area contributed by atoms with Crippen LogP contribution in [0.25, 0.3) is 11.0 Å². The third kappa shape index (κ3) is 3.40. The van der Waals surface area contributed by atoms with E-state index in [0.717, 1.165) is 0 Å². The van der Waals surface area contributed by atoms with E-state index in [1.165, 1.54) is 0 Å². The second-order valence-corrected chi connectivity index (χ2v) is 6.69. The van der Waals surface area contributed by atoms with Crippen molar-refractivity contribution < 1.29 is 13.9 Å². The Bertz CT molecular complexity index is 995. The van der Waals surface area contributed by atoms with Crippen LogP contribution in [0.1, 0.15) is 36.7 Å². The first-order valence-electron chi connectivity index (χ1n) is 7.83. The molecule has 3 rings (SSSR count). The zero-order valence-corrected chi connectivity index (χ0v) is 14.3. The van der Waals surface area contributed by atoms with Gasteiger partial charge in [-0.3, -0.25) is 9.59 Å². The van der Waals surface area contributed by atoms with Crippen LogP contribution >= 0.6 is 0 Å². The summed E-state index contributed by atoms with van der Waals surface area (Å²) in [5, 5.41) is 0.166. The van der Waals surface area contributed by atoms with Crippen molar-refractivity contribution in [3.63, 3.8) is 0 Å². The molecule has 5 nitrogen and oxygen atoms in total. The molecule has 25 heavy (non-hydrogen) atoms. The van der Waals surface area contributed by atoms with Crippen molar-refractivity contribution in [1.29, 1.82) is 0 Å². The number of carbonyl (C=O) groups excluding carboxylic acids is 1. The number of rotatable bonds is 3. The normalized spacial score (nSPS) is 11.5. The fraction of sp³-hybridized carbons (Fsp3) is 0.200. The number of ketones is 1. The molecule has 0 aliphatic heterocycles. The molecule has 0 aliphatic carbocycles. The Kier molecular flexibility index (Phi) is 4.08. The van der Waals surface area contributed by atoms with Crippen molar-refractivity contribution in [3.05, 3.63) is 70.1 Å². The third-order valence-corrected chi connectivity index (χ3v) is 3.55. The molecule has 2 N–H and O–H groups in total. The number of ether oxygens (including phenoxy) is 1. The number of carbonyl (C=O) groups is 1. The highest BCUT2D eigenvalue weighted by atomic mass is 16.5. The summed E-state index contributed by atoms with van der Waals surface area (Å²) in [5.41, 5.74) is 5.61. The average Bonchev–Trinajstić information content (AvgIpc) is 2.56. The van der Waals surface area contributed by atoms with Gasteiger partial charge in [0.2, 0.25) is 5.43 Å². The van der Waals surface area contributed by atoms with Crippen LogP contribution < -0.4 is 15.9 Å². The summed E-state index contributed by atoms with van der Waals surface area (Å²) < 4.78 is 11.0. The summed E-state index contributed by atoms with van der Waals surface area (Å²) in [7, 11) is 0. The maximum atomic E-state index is 12.8. The lowest BCUT2D eigenvalue weighted by atomic mass is 9.99. The van der Waals surface area contributed by atoms with Gasteiger partial charge in [0.1, 0.15) is 22.6 Å². The molecule has 0 fully saturated rings. The Morgan fingerprint density at radius 1 is 1.12 bits per heavy atom. The summed E-state index contributed by atoms with van der Waals surface area (Å²) >= 11 is 0. The SMILES string of the molecule is CC(C)(C)Oc1ccc(C(=O)c2cccc3o[c]c(N)c(=O)c23)cc1. The number of hydrogen-bond acceptors (Lipinski definition) is 5. The fourth-order valence-corrected chi connectivity index (χ4v) is 2.51. The predicted octanol–water partition coefficient (Wildman–Crippen LogP) is 3.58. The van der Waals surface area contributed by atoms with E-state index in [1.54, 1.807) is 42.5 Å². The molecule has 5 heteroatoms. The molecule has 3 aromatic rings. The lowest BCUT2D eigenvalue weighted by Gasteiger charge is -2.21. The molecule has 1 aromatic heterocycles. The van der Waals surface area contributed by atoms with E-state index in [1.807, 2.05) is 20.8 Å². The number of benzene rings is 2. The van der Waals surface area contributed by atoms with Gasteiger partial charge in [-0.2, -0.15) is 0 Å². The molecule has 0 aliphatic rings. The zero-order valence-electron chi connectivity index (χ0n) is 14.3. The summed E-state index contributed by atoms with van der Waals surface area (Å²) in [6.45, 7) is 5.84. The molecule has 0 saturated carbocycles. The second kappa shape index (κ2) is 6.09. The topological polar surface area (TPSA) is 82.5 Å². The van der Waals surface area contributed by atoms with E-state index in [-0.39, 0.29) is 33.6 Å². The van der Waals surface area contributed by atoms with E-state index in [2.05, 4.69) is 6.26 Å². The highest BCUT2D eigenvalue weighted by Crippen LogP contribution is 2.23. The van der Waals surface area contributed by atoms with Crippen molar-refractivity contribution in [2.45, 2.75) is 26.4 Å². The molecular formula is C20H18NO4. The first-order chi connectivity index (χ1) is 11.8. The summed E-state index contributed by atoms with van der Waals surface area (Å²) in [4.78, 5) is 25.2. The number of hydrogen-bond donors (Lipinski definition) is 1. The van der Waals surface area contributed by atoms with Gasteiger partial charge < -0.3 is 14.9 Å². The van der Waals surface area contributed by atoms with Crippen molar-refractivity contribution in [1.82, 2.24) is 0 Å². The quantitative estimate of drug-likeness (QED) is 0.739. The van der Waals surface area contributed by atoms with Gasteiger partial charge >= 0.3 is 0 Å². The lowest BCUT2D eigenvalue weighted by Crippen LogP contribution is -2.22. The Hall–Kier alpha value is -3.08. The highest BCUT2D eigenvalue weighted by Gasteiger charge is 2.18. The van der Waals surface area contributed by atoms with Gasteiger partial charge in [-0.25, -0.2) is 0 Å². The molecule has 2 aromatic carbocycles. The minimum atomic E-state index is -0.460. The predicted molar refractivity (Wildman–Crippen MR) is 96.0 cm³/mol. The van der Waals surface area contributed by atoms with Crippen LogP contribution in [0.5, 0.6) is 5.75 Å². The second-order valence-electron chi connectivity index (χ2n) is 6.69. The van der Waals surface area contributed by atoms with Crippen LogP contribution in [0.4, 0.5) is 5.69 Å². The average molecular weight is 336 g/mol. The minimum Gasteiger partial charge on any atom is -0.488 e. The lowest BCUT2D eigenvalue weighted by molar-refractivity contribution is 0.104. The van der Waals surface area contributed by atoms with Crippen LogP contribution in [-0.2, 0) is 0 Å². The molecule has 0 bridgehead atoms. The molecule has 1 heterocycles. The molecule has 1 radical (unpaired) electrons. The van der Waals surface area contributed by atoms with E-state index in [0.29, 0.717) is 11.3 Å². The molecular weight excluding hydrogens is 318 g/mol. The maximum absolute atomic E-state index is 12.8. The first kappa shape index (κ1) is 16.8. The number of fused-ring (bicyclic) bond motifs is 1. The molecule has 0 saturated heterocycles. The number of nitrogen functional groups attached to an aromatic ring is 1. The summed E-state index contributed by atoms with van der Waals surface area (Å²) in [6.07, 6.45) is 2.34. The monoisotopic (exact) mass is 336 g/mol. The standard InChI is InChI=1S/C20H18NO4/c1-20(2,3)25-13-9-7-12(8-10-13)18(22)14-5-4-6-16-17(14)19(23)15(21)11-24-16/h4-10H,21H2,1-3H3. The van der Waals surface area contributed by atoms with Gasteiger partial charge in [0.25, 0.3) is 0 Å². The molecule has 127 valence electrons. The van der Waals surface area contributed by atoms with E-state index >= 15 is 0 Å². The zero-order chi connectivity index (χ0) is 18.2. The third-order valence-electron chi connectivity index (χ3n) is 3.55. The number of anilines is 1. The fourth-order valence-electron chi connectivity index (χ4n) is 2.51. The first-order valence-corrected chi connectivity index (χ1v) is 7.83. The largest absolute Gasteiger partial charge is 0.488 e. The van der Waals surface area contributed by atoms with Crippen LogP contribution in [0.3, 0.4) is 0 Å². The van der Waals surface area contributed by atoms with Crippen LogP contribution in [-0.4, -0.2) is 11.4 Å². The van der Waals surface area contributed by atoms with E-state index < -0.39 is 5.43 Å². The number of nitrogens with two attached hydrogens (primary N) is 1. The Balaban J connectivity index is 2.03. The van der Waals surface area contributed by atoms with Crippen molar-refractivity contribution in [3.8, 4) is 5.75 Å². The van der Waals surface area contributed by atoms with Crippen molar-refractivity contribution in [2.24, 2.45) is 0 Å². The van der Waals surface area contributed by atoms with Gasteiger partial charge in [-0.1, -0.05) is 12.1 Å².